The van der Waals surface area contributed by atoms with E-state index in [4.69, 9.17) is 21.4 Å². The Hall–Kier alpha value is -3.57. The van der Waals surface area contributed by atoms with Gasteiger partial charge in [0, 0.05) is 24.5 Å². The van der Waals surface area contributed by atoms with E-state index in [1.807, 2.05) is 102 Å². The molecule has 0 atom stereocenters. The van der Waals surface area contributed by atoms with E-state index in [0.29, 0.717) is 17.5 Å². The van der Waals surface area contributed by atoms with Gasteiger partial charge in [-0.2, -0.15) is 5.10 Å². The third-order valence-electron chi connectivity index (χ3n) is 4.56. The van der Waals surface area contributed by atoms with Gasteiger partial charge in [0.15, 0.2) is 5.84 Å². The number of ether oxygens (including phenoxy) is 1. The fourth-order valence-electron chi connectivity index (χ4n) is 2.99. The highest BCUT2D eigenvalue weighted by atomic mass is 35.5. The summed E-state index contributed by atoms with van der Waals surface area (Å²) < 4.78 is 8.03. The zero-order valence-corrected chi connectivity index (χ0v) is 17.3. The summed E-state index contributed by atoms with van der Waals surface area (Å²) in [5.74, 6) is 1.45. The van der Waals surface area contributed by atoms with Crippen LogP contribution in [-0.4, -0.2) is 22.4 Å². The molecule has 0 aliphatic carbocycles. The van der Waals surface area contributed by atoms with Gasteiger partial charge in [0.1, 0.15) is 18.7 Å². The lowest BCUT2D eigenvalue weighted by molar-refractivity contribution is 0.305. The van der Waals surface area contributed by atoms with E-state index in [2.05, 4.69) is 4.98 Å². The van der Waals surface area contributed by atoms with Crippen molar-refractivity contribution < 1.29 is 4.74 Å². The molecule has 1 aromatic heterocycles. The van der Waals surface area contributed by atoms with Gasteiger partial charge in [0.2, 0.25) is 0 Å². The van der Waals surface area contributed by atoms with E-state index < -0.39 is 0 Å². The summed E-state index contributed by atoms with van der Waals surface area (Å²) in [5, 5.41) is 7.41. The second kappa shape index (κ2) is 9.29. The van der Waals surface area contributed by atoms with E-state index in [1.165, 1.54) is 0 Å². The van der Waals surface area contributed by atoms with Gasteiger partial charge in [-0.15, -0.1) is 0 Å². The van der Waals surface area contributed by atoms with E-state index in [9.17, 15) is 0 Å². The molecule has 0 bridgehead atoms. The molecule has 0 saturated heterocycles. The monoisotopic (exact) mass is 416 g/mol. The molecule has 30 heavy (non-hydrogen) atoms. The Bertz CT molecular complexity index is 1110. The molecule has 3 aromatic carbocycles. The quantitative estimate of drug-likeness (QED) is 0.238. The van der Waals surface area contributed by atoms with Crippen LogP contribution in [0.4, 0.5) is 5.69 Å². The molecule has 0 spiro atoms. The molecule has 1 heterocycles. The maximum atomic E-state index is 6.15. The number of imidazole rings is 1. The van der Waals surface area contributed by atoms with Gasteiger partial charge in [-0.3, -0.25) is 9.58 Å². The number of aromatic nitrogens is 2. The van der Waals surface area contributed by atoms with Crippen molar-refractivity contribution in [3.05, 3.63) is 114 Å². The molecule has 4 aromatic rings. The predicted molar refractivity (Wildman–Crippen MR) is 121 cm³/mol. The summed E-state index contributed by atoms with van der Waals surface area (Å²) in [6.45, 7) is 0.430. The Labute approximate surface area is 180 Å². The standard InChI is InChI=1S/C24H21ClN4O/c1-28(21-7-3-2-4-8-21)27-24(29-16-15-26-18-29)22-9-5-6-10-23(22)30-17-19-11-13-20(25)14-12-19/h2-16,18H,17H2,1H3/b27-24+. The van der Waals surface area contributed by atoms with Crippen molar-refractivity contribution in [2.24, 2.45) is 5.10 Å². The van der Waals surface area contributed by atoms with Gasteiger partial charge in [0.05, 0.1) is 11.3 Å². The molecule has 0 aliphatic rings. The number of benzene rings is 3. The first-order valence-corrected chi connectivity index (χ1v) is 9.91. The molecular weight excluding hydrogens is 396 g/mol. The second-order valence-corrected chi connectivity index (χ2v) is 7.10. The van der Waals surface area contributed by atoms with Gasteiger partial charge in [-0.25, -0.2) is 4.98 Å². The average molecular weight is 417 g/mol. The maximum Gasteiger partial charge on any atom is 0.169 e. The summed E-state index contributed by atoms with van der Waals surface area (Å²) in [5.41, 5.74) is 2.89. The molecule has 4 rings (SSSR count). The summed E-state index contributed by atoms with van der Waals surface area (Å²) in [6, 6.07) is 25.5. The number of anilines is 1. The van der Waals surface area contributed by atoms with Crippen LogP contribution in [0.1, 0.15) is 11.1 Å². The van der Waals surface area contributed by atoms with Gasteiger partial charge >= 0.3 is 0 Å². The number of hydrogen-bond acceptors (Lipinski definition) is 4. The molecule has 0 radical (unpaired) electrons. The molecule has 0 N–H and O–H groups in total. The normalized spacial score (nSPS) is 11.3. The number of nitrogens with zero attached hydrogens (tertiary/aromatic N) is 4. The highest BCUT2D eigenvalue weighted by Crippen LogP contribution is 2.23. The second-order valence-electron chi connectivity index (χ2n) is 6.66. The Kier molecular flexibility index (Phi) is 6.11. The highest BCUT2D eigenvalue weighted by molar-refractivity contribution is 6.30. The lowest BCUT2D eigenvalue weighted by Crippen LogP contribution is -2.20. The Morgan fingerprint density at radius 2 is 1.73 bits per heavy atom. The third-order valence-corrected chi connectivity index (χ3v) is 4.81. The van der Waals surface area contributed by atoms with E-state index in [1.54, 1.807) is 12.5 Å². The molecule has 0 aliphatic heterocycles. The smallest absolute Gasteiger partial charge is 0.169 e. The largest absolute Gasteiger partial charge is 0.488 e. The zero-order valence-electron chi connectivity index (χ0n) is 16.5. The molecule has 0 fully saturated rings. The van der Waals surface area contributed by atoms with Crippen LogP contribution in [0.3, 0.4) is 0 Å². The molecule has 5 nitrogen and oxygen atoms in total. The Morgan fingerprint density at radius 3 is 2.47 bits per heavy atom. The third kappa shape index (κ3) is 4.70. The van der Waals surface area contributed by atoms with Crippen LogP contribution in [0.25, 0.3) is 0 Å². The van der Waals surface area contributed by atoms with Crippen molar-refractivity contribution in [3.63, 3.8) is 0 Å². The van der Waals surface area contributed by atoms with Gasteiger partial charge in [-0.05, 0) is 42.0 Å². The van der Waals surface area contributed by atoms with Crippen LogP contribution in [0, 0.1) is 0 Å². The van der Waals surface area contributed by atoms with E-state index in [0.717, 1.165) is 22.6 Å². The minimum Gasteiger partial charge on any atom is -0.488 e. The van der Waals surface area contributed by atoms with Crippen molar-refractivity contribution in [2.45, 2.75) is 6.61 Å². The fraction of sp³-hybridized carbons (Fsp3) is 0.0833. The minimum absolute atomic E-state index is 0.430. The van der Waals surface area contributed by atoms with Crippen molar-refractivity contribution in [1.82, 2.24) is 9.55 Å². The average Bonchev–Trinajstić information content (AvgIpc) is 3.32. The molecular formula is C24H21ClN4O. The zero-order chi connectivity index (χ0) is 20.8. The van der Waals surface area contributed by atoms with E-state index >= 15 is 0 Å². The number of halogens is 1. The minimum atomic E-state index is 0.430. The molecule has 0 amide bonds. The van der Waals surface area contributed by atoms with Crippen LogP contribution in [0.15, 0.2) is 103 Å². The number of hydrogen-bond donors (Lipinski definition) is 0. The summed E-state index contributed by atoms with van der Waals surface area (Å²) >= 11 is 5.98. The van der Waals surface area contributed by atoms with Crippen molar-refractivity contribution in [1.29, 1.82) is 0 Å². The van der Waals surface area contributed by atoms with Crippen molar-refractivity contribution >= 4 is 23.1 Å². The first-order chi connectivity index (χ1) is 14.7. The Balaban J connectivity index is 1.67. The lowest BCUT2D eigenvalue weighted by atomic mass is 10.1. The fourth-order valence-corrected chi connectivity index (χ4v) is 3.12. The van der Waals surface area contributed by atoms with Crippen LogP contribution >= 0.6 is 11.6 Å². The first-order valence-electron chi connectivity index (χ1n) is 9.53. The first kappa shape index (κ1) is 19.7. The number of hydrazone groups is 1. The summed E-state index contributed by atoms with van der Waals surface area (Å²) in [6.07, 6.45) is 5.33. The maximum absolute atomic E-state index is 6.15. The SMILES string of the molecule is CN(/N=C(\c1ccccc1OCc1ccc(Cl)cc1)n1ccnc1)c1ccccc1. The predicted octanol–water partition coefficient (Wildman–Crippen LogP) is 5.46. The Morgan fingerprint density at radius 1 is 1.00 bits per heavy atom. The van der Waals surface area contributed by atoms with Gasteiger partial charge in [-0.1, -0.05) is 54.1 Å². The van der Waals surface area contributed by atoms with Crippen LogP contribution in [0.5, 0.6) is 5.75 Å². The highest BCUT2D eigenvalue weighted by Gasteiger charge is 2.14. The molecule has 0 saturated carbocycles. The lowest BCUT2D eigenvalue weighted by Gasteiger charge is -2.18. The topological polar surface area (TPSA) is 42.6 Å². The van der Waals surface area contributed by atoms with Gasteiger partial charge < -0.3 is 4.74 Å². The number of para-hydroxylation sites is 2. The van der Waals surface area contributed by atoms with Crippen LogP contribution in [-0.2, 0) is 6.61 Å². The molecule has 0 unspecified atom stereocenters. The number of rotatable bonds is 6. The molecule has 6 heteroatoms. The summed E-state index contributed by atoms with van der Waals surface area (Å²) in [4.78, 5) is 4.19. The van der Waals surface area contributed by atoms with Crippen LogP contribution in [0.2, 0.25) is 5.02 Å². The van der Waals surface area contributed by atoms with E-state index in [-0.39, 0.29) is 0 Å². The summed E-state index contributed by atoms with van der Waals surface area (Å²) in [7, 11) is 1.92. The molecule has 150 valence electrons. The van der Waals surface area contributed by atoms with Crippen LogP contribution < -0.4 is 9.75 Å². The van der Waals surface area contributed by atoms with Crippen molar-refractivity contribution in [2.75, 3.05) is 12.1 Å². The van der Waals surface area contributed by atoms with Crippen molar-refractivity contribution in [3.8, 4) is 5.75 Å². The van der Waals surface area contributed by atoms with Gasteiger partial charge in [0.25, 0.3) is 0 Å².